The predicted octanol–water partition coefficient (Wildman–Crippen LogP) is 4.74. The molecule has 0 aliphatic rings. The first-order valence-corrected chi connectivity index (χ1v) is 9.82. The first-order valence-electron chi connectivity index (χ1n) is 9.82. The van der Waals surface area contributed by atoms with Crippen molar-refractivity contribution in [2.24, 2.45) is 0 Å². The summed E-state index contributed by atoms with van der Waals surface area (Å²) in [7, 11) is 0. The van der Waals surface area contributed by atoms with E-state index in [1.807, 2.05) is 48.5 Å². The van der Waals surface area contributed by atoms with Crippen LogP contribution in [0.1, 0.15) is 32.6 Å². The quantitative estimate of drug-likeness (QED) is 0.403. The molecule has 0 bridgehead atoms. The Morgan fingerprint density at radius 2 is 1.93 bits per heavy atom. The second-order valence-corrected chi connectivity index (χ2v) is 6.56. The smallest absolute Gasteiger partial charge is 0.319 e. The average Bonchev–Trinajstić information content (AvgIpc) is 3.15. The number of unbranched alkanes of at least 4 members (excludes halogenated alkanes) is 2. The topological polar surface area (TPSA) is 93.5 Å². The monoisotopic (exact) mass is 395 g/mol. The number of aromatic nitrogens is 1. The number of anilines is 1. The molecule has 2 N–H and O–H groups in total. The summed E-state index contributed by atoms with van der Waals surface area (Å²) in [6.07, 6.45) is 2.83. The molecular weight excluding hydrogens is 370 g/mol. The Bertz CT molecular complexity index is 934. The van der Waals surface area contributed by atoms with Crippen molar-refractivity contribution in [3.8, 4) is 11.5 Å². The number of nitrogens with one attached hydrogen (secondary N) is 2. The number of carbonyl (C=O) groups is 2. The Hall–Kier alpha value is -3.35. The second kappa shape index (κ2) is 10.3. The number of para-hydroxylation sites is 2. The van der Waals surface area contributed by atoms with Crippen molar-refractivity contribution in [2.45, 2.75) is 32.6 Å². The normalized spacial score (nSPS) is 10.7. The molecule has 2 aromatic carbocycles. The zero-order valence-corrected chi connectivity index (χ0v) is 16.4. The van der Waals surface area contributed by atoms with Crippen LogP contribution in [0.25, 0.3) is 22.6 Å². The molecule has 29 heavy (non-hydrogen) atoms. The molecule has 0 atom stereocenters. The zero-order valence-electron chi connectivity index (χ0n) is 16.4. The number of hydrogen-bond acceptors (Lipinski definition) is 5. The maximum Gasteiger partial charge on any atom is 0.319 e. The number of fused-ring (bicyclic) bond motifs is 1. The van der Waals surface area contributed by atoms with Crippen molar-refractivity contribution < 1.29 is 18.7 Å². The third-order valence-electron chi connectivity index (χ3n) is 4.31. The molecule has 3 rings (SSSR count). The highest BCUT2D eigenvalue weighted by Crippen LogP contribution is 2.25. The number of carbonyl (C=O) groups excluding carboxylic acids is 2. The molecule has 1 heterocycles. The van der Waals surface area contributed by atoms with Crippen LogP contribution < -0.4 is 10.6 Å². The number of oxazole rings is 1. The van der Waals surface area contributed by atoms with E-state index in [4.69, 9.17) is 9.15 Å². The molecule has 0 aliphatic heterocycles. The fourth-order valence-corrected chi connectivity index (χ4v) is 2.91. The average molecular weight is 395 g/mol. The number of ether oxygens (including phenoxy) is 1. The molecule has 152 valence electrons. The number of rotatable bonds is 9. The van der Waals surface area contributed by atoms with Crippen molar-refractivity contribution in [1.29, 1.82) is 0 Å². The highest BCUT2D eigenvalue weighted by Gasteiger charge is 2.09. The number of hydrogen-bond donors (Lipinski definition) is 2. The van der Waals surface area contributed by atoms with Gasteiger partial charge in [0.1, 0.15) is 5.52 Å². The van der Waals surface area contributed by atoms with Gasteiger partial charge in [0.25, 0.3) is 0 Å². The van der Waals surface area contributed by atoms with E-state index in [2.05, 4.69) is 15.6 Å². The van der Waals surface area contributed by atoms with Crippen molar-refractivity contribution in [3.05, 3.63) is 48.5 Å². The second-order valence-electron chi connectivity index (χ2n) is 6.56. The van der Waals surface area contributed by atoms with Crippen molar-refractivity contribution >= 4 is 28.8 Å². The summed E-state index contributed by atoms with van der Waals surface area (Å²) >= 11 is 0. The summed E-state index contributed by atoms with van der Waals surface area (Å²) in [5.74, 6) is 0.342. The molecule has 7 nitrogen and oxygen atoms in total. The molecule has 3 aromatic rings. The standard InChI is InChI=1S/C22H25N3O4/c1-2-28-20(26)13-4-3-7-14-23-22(27)24-17-10-8-9-16(15-17)21-25-18-11-5-6-12-19(18)29-21/h5-6,8-12,15H,2-4,7,13-14H2,1H3,(H2,23,24,27). The predicted molar refractivity (Wildman–Crippen MR) is 112 cm³/mol. The van der Waals surface area contributed by atoms with Crippen LogP contribution in [0.4, 0.5) is 10.5 Å². The number of urea groups is 1. The van der Waals surface area contributed by atoms with Crippen LogP contribution in [-0.2, 0) is 9.53 Å². The van der Waals surface area contributed by atoms with E-state index in [0.29, 0.717) is 31.2 Å². The van der Waals surface area contributed by atoms with Gasteiger partial charge in [-0.15, -0.1) is 0 Å². The molecule has 0 radical (unpaired) electrons. The third kappa shape index (κ3) is 6.07. The van der Waals surface area contributed by atoms with E-state index >= 15 is 0 Å². The summed E-state index contributed by atoms with van der Waals surface area (Å²) in [5.41, 5.74) is 2.96. The van der Waals surface area contributed by atoms with E-state index in [1.54, 1.807) is 6.92 Å². The SMILES string of the molecule is CCOC(=O)CCCCCNC(=O)Nc1cccc(-c2nc3ccccc3o2)c1. The summed E-state index contributed by atoms with van der Waals surface area (Å²) in [6, 6.07) is 14.7. The maximum absolute atomic E-state index is 12.1. The van der Waals surface area contributed by atoms with E-state index in [-0.39, 0.29) is 12.0 Å². The minimum absolute atomic E-state index is 0.169. The highest BCUT2D eigenvalue weighted by atomic mass is 16.5. The molecule has 1 aromatic heterocycles. The number of nitrogens with zero attached hydrogens (tertiary/aromatic N) is 1. The van der Waals surface area contributed by atoms with Gasteiger partial charge in [0, 0.05) is 24.2 Å². The minimum Gasteiger partial charge on any atom is -0.466 e. The van der Waals surface area contributed by atoms with Gasteiger partial charge in [-0.1, -0.05) is 24.6 Å². The van der Waals surface area contributed by atoms with Gasteiger partial charge in [-0.3, -0.25) is 4.79 Å². The molecule has 0 saturated carbocycles. The fraction of sp³-hybridized carbons (Fsp3) is 0.318. The third-order valence-corrected chi connectivity index (χ3v) is 4.31. The summed E-state index contributed by atoms with van der Waals surface area (Å²) in [5, 5.41) is 5.64. The number of benzene rings is 2. The molecule has 0 aliphatic carbocycles. The zero-order chi connectivity index (χ0) is 20.5. The van der Waals surface area contributed by atoms with E-state index < -0.39 is 0 Å². The Kier molecular flexibility index (Phi) is 7.22. The Balaban J connectivity index is 1.45. The van der Waals surface area contributed by atoms with Crippen LogP contribution in [0.15, 0.2) is 52.9 Å². The first kappa shape index (κ1) is 20.4. The first-order chi connectivity index (χ1) is 14.2. The van der Waals surface area contributed by atoms with Gasteiger partial charge in [0.2, 0.25) is 5.89 Å². The lowest BCUT2D eigenvalue weighted by Gasteiger charge is -2.08. The number of amides is 2. The Morgan fingerprint density at radius 3 is 2.76 bits per heavy atom. The molecule has 0 saturated heterocycles. The van der Waals surface area contributed by atoms with Crippen LogP contribution in [-0.4, -0.2) is 30.1 Å². The lowest BCUT2D eigenvalue weighted by molar-refractivity contribution is -0.143. The van der Waals surface area contributed by atoms with Gasteiger partial charge in [0.15, 0.2) is 5.58 Å². The van der Waals surface area contributed by atoms with E-state index in [0.717, 1.165) is 35.9 Å². The molecule has 0 spiro atoms. The molecule has 0 unspecified atom stereocenters. The summed E-state index contributed by atoms with van der Waals surface area (Å²) < 4.78 is 10.7. The molecule has 7 heteroatoms. The van der Waals surface area contributed by atoms with Gasteiger partial charge < -0.3 is 19.8 Å². The minimum atomic E-state index is -0.273. The lowest BCUT2D eigenvalue weighted by atomic mass is 10.2. The van der Waals surface area contributed by atoms with Gasteiger partial charge >= 0.3 is 12.0 Å². The van der Waals surface area contributed by atoms with Crippen LogP contribution >= 0.6 is 0 Å². The van der Waals surface area contributed by atoms with Crippen molar-refractivity contribution in [2.75, 3.05) is 18.5 Å². The molecule has 0 fully saturated rings. The highest BCUT2D eigenvalue weighted by molar-refractivity contribution is 5.90. The van der Waals surface area contributed by atoms with Gasteiger partial charge in [-0.05, 0) is 50.1 Å². The summed E-state index contributed by atoms with van der Waals surface area (Å²) in [6.45, 7) is 2.75. The van der Waals surface area contributed by atoms with Crippen LogP contribution in [0, 0.1) is 0 Å². The van der Waals surface area contributed by atoms with Gasteiger partial charge in [0.05, 0.1) is 6.61 Å². The number of esters is 1. The largest absolute Gasteiger partial charge is 0.466 e. The van der Waals surface area contributed by atoms with Crippen LogP contribution in [0.5, 0.6) is 0 Å². The van der Waals surface area contributed by atoms with Crippen molar-refractivity contribution in [1.82, 2.24) is 10.3 Å². The van der Waals surface area contributed by atoms with Crippen molar-refractivity contribution in [3.63, 3.8) is 0 Å². The van der Waals surface area contributed by atoms with Gasteiger partial charge in [-0.25, -0.2) is 9.78 Å². The van der Waals surface area contributed by atoms with Gasteiger partial charge in [-0.2, -0.15) is 0 Å². The van der Waals surface area contributed by atoms with E-state index in [1.165, 1.54) is 0 Å². The molecular formula is C22H25N3O4. The summed E-state index contributed by atoms with van der Waals surface area (Å²) in [4.78, 5) is 27.8. The molecule has 2 amide bonds. The van der Waals surface area contributed by atoms with Crippen LogP contribution in [0.2, 0.25) is 0 Å². The Morgan fingerprint density at radius 1 is 1.07 bits per heavy atom. The fourth-order valence-electron chi connectivity index (χ4n) is 2.91. The van der Waals surface area contributed by atoms with Crippen LogP contribution in [0.3, 0.4) is 0 Å². The maximum atomic E-state index is 12.1. The Labute approximate surface area is 169 Å². The van der Waals surface area contributed by atoms with E-state index in [9.17, 15) is 9.59 Å². The lowest BCUT2D eigenvalue weighted by Crippen LogP contribution is -2.29.